The Morgan fingerprint density at radius 1 is 1.24 bits per heavy atom. The summed E-state index contributed by atoms with van der Waals surface area (Å²) in [6.45, 7) is 8.43. The molecule has 0 N–H and O–H groups in total. The van der Waals surface area contributed by atoms with E-state index < -0.39 is 0 Å². The number of hydrogen-bond donors (Lipinski definition) is 0. The fourth-order valence-electron chi connectivity index (χ4n) is 2.97. The molecule has 0 spiro atoms. The number of carbonyl (C=O) groups is 1. The van der Waals surface area contributed by atoms with Crippen molar-refractivity contribution in [2.45, 2.75) is 53.2 Å². The van der Waals surface area contributed by atoms with Gasteiger partial charge in [-0.15, -0.1) is 0 Å². The second-order valence-electron chi connectivity index (χ2n) is 6.61. The van der Waals surface area contributed by atoms with Gasteiger partial charge < -0.3 is 9.47 Å². The number of ketones is 1. The first-order valence-corrected chi connectivity index (χ1v) is 6.21. The summed E-state index contributed by atoms with van der Waals surface area (Å²) in [4.78, 5) is 12.3. The third-order valence-electron chi connectivity index (χ3n) is 3.73. The van der Waals surface area contributed by atoms with Crippen LogP contribution in [0.5, 0.6) is 0 Å². The lowest BCUT2D eigenvalue weighted by Gasteiger charge is -2.43. The van der Waals surface area contributed by atoms with Gasteiger partial charge in [-0.05, 0) is 5.41 Å². The number of hydrogen-bond acceptors (Lipinski definition) is 3. The topological polar surface area (TPSA) is 35.5 Å². The summed E-state index contributed by atoms with van der Waals surface area (Å²) in [5.41, 5.74) is 0.758. The van der Waals surface area contributed by atoms with E-state index in [1.807, 2.05) is 0 Å². The predicted octanol–water partition coefficient (Wildman–Crippen LogP) is 3.05. The molecule has 3 heteroatoms. The minimum atomic E-state index is -0.217. The first-order valence-electron chi connectivity index (χ1n) is 6.21. The smallest absolute Gasteiger partial charge is 0.199 e. The largest absolute Gasteiger partial charge is 0.469 e. The number of allylic oxidation sites excluding steroid dienone is 2. The van der Waals surface area contributed by atoms with Crippen molar-refractivity contribution < 1.29 is 14.3 Å². The van der Waals surface area contributed by atoms with E-state index in [4.69, 9.17) is 9.47 Å². The molecule has 0 aromatic heterocycles. The molecule has 0 saturated carbocycles. The van der Waals surface area contributed by atoms with E-state index in [1.165, 1.54) is 0 Å². The summed E-state index contributed by atoms with van der Waals surface area (Å²) in [5, 5.41) is 0. The van der Waals surface area contributed by atoms with Gasteiger partial charge in [0.1, 0.15) is 5.76 Å². The van der Waals surface area contributed by atoms with Crippen molar-refractivity contribution in [2.24, 2.45) is 10.8 Å². The number of Topliss-reactive ketones (excluding diaryl/α,β-unsaturated/α-hetero) is 1. The van der Waals surface area contributed by atoms with Crippen molar-refractivity contribution in [3.05, 3.63) is 11.3 Å². The van der Waals surface area contributed by atoms with Crippen molar-refractivity contribution in [1.82, 2.24) is 0 Å². The molecule has 1 atom stereocenters. The van der Waals surface area contributed by atoms with Gasteiger partial charge in [0.2, 0.25) is 0 Å². The summed E-state index contributed by atoms with van der Waals surface area (Å²) >= 11 is 0. The Hall–Kier alpha value is -0.830. The van der Waals surface area contributed by atoms with Gasteiger partial charge in [0.05, 0.1) is 0 Å². The van der Waals surface area contributed by atoms with Crippen LogP contribution in [0.2, 0.25) is 0 Å². The van der Waals surface area contributed by atoms with Crippen molar-refractivity contribution in [2.75, 3.05) is 7.11 Å². The normalized spacial score (nSPS) is 30.9. The molecule has 17 heavy (non-hydrogen) atoms. The molecule has 1 unspecified atom stereocenters. The number of ether oxygens (including phenoxy) is 2. The summed E-state index contributed by atoms with van der Waals surface area (Å²) < 4.78 is 11.1. The average molecular weight is 238 g/mol. The average Bonchev–Trinajstić information content (AvgIpc) is 2.11. The zero-order valence-corrected chi connectivity index (χ0v) is 11.4. The van der Waals surface area contributed by atoms with Gasteiger partial charge in [0.15, 0.2) is 12.1 Å². The summed E-state index contributed by atoms with van der Waals surface area (Å²) in [6.07, 6.45) is 1.98. The molecule has 0 saturated heterocycles. The van der Waals surface area contributed by atoms with Crippen molar-refractivity contribution in [3.8, 4) is 0 Å². The molecule has 2 aliphatic rings. The molecular weight excluding hydrogens is 216 g/mol. The van der Waals surface area contributed by atoms with Crippen LogP contribution in [0.4, 0.5) is 0 Å². The van der Waals surface area contributed by atoms with Crippen LogP contribution in [-0.2, 0) is 14.3 Å². The molecule has 0 aromatic carbocycles. The zero-order valence-electron chi connectivity index (χ0n) is 11.4. The van der Waals surface area contributed by atoms with E-state index in [1.54, 1.807) is 7.11 Å². The van der Waals surface area contributed by atoms with E-state index in [0.29, 0.717) is 6.42 Å². The monoisotopic (exact) mass is 238 g/mol. The van der Waals surface area contributed by atoms with Gasteiger partial charge in [-0.3, -0.25) is 4.79 Å². The lowest BCUT2D eigenvalue weighted by Crippen LogP contribution is -2.40. The van der Waals surface area contributed by atoms with Gasteiger partial charge in [-0.2, -0.15) is 0 Å². The van der Waals surface area contributed by atoms with Crippen LogP contribution >= 0.6 is 0 Å². The number of carbonyl (C=O) groups excluding carboxylic acids is 1. The molecule has 2 rings (SSSR count). The SMILES string of the molecule is COC1CC(C)(C)C2=C(CC(C)(C)CC2=O)O1. The van der Waals surface area contributed by atoms with Crippen LogP contribution in [0.1, 0.15) is 47.0 Å². The van der Waals surface area contributed by atoms with E-state index in [0.717, 1.165) is 24.2 Å². The van der Waals surface area contributed by atoms with E-state index in [-0.39, 0.29) is 22.9 Å². The summed E-state index contributed by atoms with van der Waals surface area (Å²) in [6, 6.07) is 0. The number of rotatable bonds is 1. The molecular formula is C14H22O3. The van der Waals surface area contributed by atoms with Crippen LogP contribution in [-0.4, -0.2) is 19.2 Å². The maximum atomic E-state index is 12.3. The Morgan fingerprint density at radius 3 is 2.47 bits per heavy atom. The van der Waals surface area contributed by atoms with E-state index in [9.17, 15) is 4.79 Å². The zero-order chi connectivity index (χ0) is 12.8. The first-order chi connectivity index (χ1) is 7.75. The van der Waals surface area contributed by atoms with Crippen molar-refractivity contribution in [3.63, 3.8) is 0 Å². The molecule has 0 bridgehead atoms. The minimum Gasteiger partial charge on any atom is -0.469 e. The third-order valence-corrected chi connectivity index (χ3v) is 3.73. The Kier molecular flexibility index (Phi) is 2.85. The minimum absolute atomic E-state index is 0.00162. The Morgan fingerprint density at radius 2 is 1.88 bits per heavy atom. The molecule has 0 fully saturated rings. The molecule has 3 nitrogen and oxygen atoms in total. The molecule has 0 amide bonds. The predicted molar refractivity (Wildman–Crippen MR) is 65.3 cm³/mol. The van der Waals surface area contributed by atoms with Gasteiger partial charge in [-0.25, -0.2) is 0 Å². The molecule has 1 aliphatic carbocycles. The highest BCUT2D eigenvalue weighted by atomic mass is 16.7. The van der Waals surface area contributed by atoms with Crippen LogP contribution < -0.4 is 0 Å². The van der Waals surface area contributed by atoms with Crippen LogP contribution in [0, 0.1) is 10.8 Å². The summed E-state index contributed by atoms with van der Waals surface area (Å²) in [5.74, 6) is 1.10. The fraction of sp³-hybridized carbons (Fsp3) is 0.786. The Balaban J connectivity index is 2.41. The van der Waals surface area contributed by atoms with Gasteiger partial charge in [0.25, 0.3) is 0 Å². The fourth-order valence-corrected chi connectivity index (χ4v) is 2.97. The van der Waals surface area contributed by atoms with Crippen molar-refractivity contribution in [1.29, 1.82) is 0 Å². The van der Waals surface area contributed by atoms with Crippen LogP contribution in [0.25, 0.3) is 0 Å². The highest BCUT2D eigenvalue weighted by molar-refractivity contribution is 5.98. The van der Waals surface area contributed by atoms with Crippen molar-refractivity contribution >= 4 is 5.78 Å². The lowest BCUT2D eigenvalue weighted by atomic mass is 9.67. The Bertz CT molecular complexity index is 377. The molecule has 1 aliphatic heterocycles. The van der Waals surface area contributed by atoms with Gasteiger partial charge >= 0.3 is 0 Å². The third kappa shape index (κ3) is 2.25. The highest BCUT2D eigenvalue weighted by Gasteiger charge is 2.45. The molecule has 96 valence electrons. The first kappa shape index (κ1) is 12.6. The quantitative estimate of drug-likeness (QED) is 0.704. The summed E-state index contributed by atoms with van der Waals surface area (Å²) in [7, 11) is 1.65. The van der Waals surface area contributed by atoms with Gasteiger partial charge in [0, 0.05) is 37.4 Å². The lowest BCUT2D eigenvalue weighted by molar-refractivity contribution is -0.142. The maximum absolute atomic E-state index is 12.3. The van der Waals surface area contributed by atoms with Gasteiger partial charge in [-0.1, -0.05) is 27.7 Å². The molecule has 1 heterocycles. The standard InChI is InChI=1S/C14H22O3/c1-13(2)6-9(15)12-10(7-13)17-11(16-5)8-14(12,3)4/h11H,6-8H2,1-5H3. The second-order valence-corrected chi connectivity index (χ2v) is 6.61. The molecule has 0 aromatic rings. The highest BCUT2D eigenvalue weighted by Crippen LogP contribution is 2.48. The van der Waals surface area contributed by atoms with E-state index >= 15 is 0 Å². The number of methoxy groups -OCH3 is 1. The maximum Gasteiger partial charge on any atom is 0.199 e. The molecule has 0 radical (unpaired) electrons. The van der Waals surface area contributed by atoms with Crippen LogP contribution in [0.15, 0.2) is 11.3 Å². The van der Waals surface area contributed by atoms with E-state index in [2.05, 4.69) is 27.7 Å². The Labute approximate surface area is 103 Å². The van der Waals surface area contributed by atoms with Crippen LogP contribution in [0.3, 0.4) is 0 Å². The second kappa shape index (κ2) is 3.84.